The summed E-state index contributed by atoms with van der Waals surface area (Å²) >= 11 is 0. The molecule has 23 heavy (non-hydrogen) atoms. The van der Waals surface area contributed by atoms with Crippen molar-refractivity contribution in [2.24, 2.45) is 5.73 Å². The third-order valence-electron chi connectivity index (χ3n) is 4.26. The third-order valence-corrected chi connectivity index (χ3v) is 4.26. The molecule has 3 N–H and O–H groups in total. The Morgan fingerprint density at radius 1 is 1.35 bits per heavy atom. The Hall–Kier alpha value is -1.99. The Morgan fingerprint density at radius 2 is 2.17 bits per heavy atom. The van der Waals surface area contributed by atoms with Crippen molar-refractivity contribution in [1.82, 2.24) is 19.9 Å². The van der Waals surface area contributed by atoms with Crippen LogP contribution in [-0.2, 0) is 9.53 Å². The van der Waals surface area contributed by atoms with Gasteiger partial charge in [-0.05, 0) is 19.3 Å². The zero-order valence-electron chi connectivity index (χ0n) is 13.2. The predicted octanol–water partition coefficient (Wildman–Crippen LogP) is 1.03. The standard InChI is InChI=1S/C16H23N5O2/c17-4-7-23-10-13(16(22)21-5-2-1-3-6-21)12-8-18-9-14-15(12)20-11-19-14/h8-9,11,13H,1-7,10,17H2,(H,19,20). The minimum Gasteiger partial charge on any atom is -0.379 e. The highest BCUT2D eigenvalue weighted by Gasteiger charge is 2.29. The summed E-state index contributed by atoms with van der Waals surface area (Å²) in [6, 6.07) is 0. The lowest BCUT2D eigenvalue weighted by molar-refractivity contribution is -0.135. The van der Waals surface area contributed by atoms with Gasteiger partial charge >= 0.3 is 0 Å². The second-order valence-electron chi connectivity index (χ2n) is 5.83. The number of aromatic nitrogens is 3. The summed E-state index contributed by atoms with van der Waals surface area (Å²) < 4.78 is 5.60. The van der Waals surface area contributed by atoms with Gasteiger partial charge in [-0.1, -0.05) is 0 Å². The van der Waals surface area contributed by atoms with E-state index in [1.54, 1.807) is 18.7 Å². The van der Waals surface area contributed by atoms with E-state index >= 15 is 0 Å². The normalized spacial score (nSPS) is 16.7. The summed E-state index contributed by atoms with van der Waals surface area (Å²) in [7, 11) is 0. The number of piperidine rings is 1. The average Bonchev–Trinajstić information content (AvgIpc) is 3.08. The van der Waals surface area contributed by atoms with Crippen molar-refractivity contribution in [2.75, 3.05) is 32.8 Å². The molecule has 1 atom stereocenters. The van der Waals surface area contributed by atoms with E-state index in [0.717, 1.165) is 42.5 Å². The number of imidazole rings is 1. The van der Waals surface area contributed by atoms with Crippen molar-refractivity contribution in [3.05, 3.63) is 24.3 Å². The maximum Gasteiger partial charge on any atom is 0.232 e. The van der Waals surface area contributed by atoms with Gasteiger partial charge in [-0.25, -0.2) is 4.98 Å². The summed E-state index contributed by atoms with van der Waals surface area (Å²) in [6.45, 7) is 2.83. The number of nitrogens with zero attached hydrogens (tertiary/aromatic N) is 3. The molecule has 1 aliphatic heterocycles. The molecule has 7 heteroatoms. The highest BCUT2D eigenvalue weighted by atomic mass is 16.5. The summed E-state index contributed by atoms with van der Waals surface area (Å²) in [5.74, 6) is -0.276. The number of carbonyl (C=O) groups excluding carboxylic acids is 1. The number of nitrogens with one attached hydrogen (secondary N) is 1. The fraction of sp³-hybridized carbons (Fsp3) is 0.562. The molecule has 0 saturated carbocycles. The third kappa shape index (κ3) is 3.51. The van der Waals surface area contributed by atoms with Gasteiger partial charge in [-0.3, -0.25) is 9.78 Å². The van der Waals surface area contributed by atoms with Crippen molar-refractivity contribution in [1.29, 1.82) is 0 Å². The van der Waals surface area contributed by atoms with E-state index in [9.17, 15) is 4.79 Å². The fourth-order valence-corrected chi connectivity index (χ4v) is 3.06. The van der Waals surface area contributed by atoms with Crippen LogP contribution in [0.3, 0.4) is 0 Å². The van der Waals surface area contributed by atoms with Crippen molar-refractivity contribution < 1.29 is 9.53 Å². The summed E-state index contributed by atoms with van der Waals surface area (Å²) in [6.07, 6.45) is 8.37. The number of amides is 1. The van der Waals surface area contributed by atoms with Crippen molar-refractivity contribution in [3.8, 4) is 0 Å². The number of aromatic amines is 1. The monoisotopic (exact) mass is 317 g/mol. The Morgan fingerprint density at radius 3 is 2.96 bits per heavy atom. The van der Waals surface area contributed by atoms with Gasteiger partial charge in [0.1, 0.15) is 5.52 Å². The number of hydrogen-bond donors (Lipinski definition) is 2. The average molecular weight is 317 g/mol. The number of pyridine rings is 1. The van der Waals surface area contributed by atoms with Gasteiger partial charge < -0.3 is 20.4 Å². The second kappa shape index (κ2) is 7.52. The van der Waals surface area contributed by atoms with Crippen LogP contribution in [-0.4, -0.2) is 58.6 Å². The first-order valence-corrected chi connectivity index (χ1v) is 8.15. The molecule has 0 spiro atoms. The Balaban J connectivity index is 1.88. The summed E-state index contributed by atoms with van der Waals surface area (Å²) in [4.78, 5) is 26.5. The van der Waals surface area contributed by atoms with Crippen molar-refractivity contribution in [2.45, 2.75) is 25.2 Å². The van der Waals surface area contributed by atoms with Crippen LogP contribution in [0.1, 0.15) is 30.7 Å². The molecule has 1 aliphatic rings. The zero-order chi connectivity index (χ0) is 16.1. The molecule has 3 heterocycles. The van der Waals surface area contributed by atoms with Gasteiger partial charge in [0.25, 0.3) is 0 Å². The van der Waals surface area contributed by atoms with Gasteiger partial charge in [0.15, 0.2) is 0 Å². The van der Waals surface area contributed by atoms with Crippen LogP contribution >= 0.6 is 0 Å². The molecule has 1 amide bonds. The number of ether oxygens (including phenoxy) is 1. The topological polar surface area (TPSA) is 97.1 Å². The first kappa shape index (κ1) is 15.9. The van der Waals surface area contributed by atoms with Crippen LogP contribution in [0.25, 0.3) is 11.0 Å². The highest BCUT2D eigenvalue weighted by molar-refractivity contribution is 5.89. The number of carbonyl (C=O) groups is 1. The van der Waals surface area contributed by atoms with E-state index in [1.807, 2.05) is 4.90 Å². The molecule has 0 aliphatic carbocycles. The maximum absolute atomic E-state index is 13.0. The summed E-state index contributed by atoms with van der Waals surface area (Å²) in [5.41, 5.74) is 7.95. The molecule has 124 valence electrons. The van der Waals surface area contributed by atoms with E-state index in [4.69, 9.17) is 10.5 Å². The Bertz CT molecular complexity index is 651. The van der Waals surface area contributed by atoms with Crippen LogP contribution in [0, 0.1) is 0 Å². The highest BCUT2D eigenvalue weighted by Crippen LogP contribution is 2.26. The van der Waals surface area contributed by atoms with Crippen LogP contribution in [0.4, 0.5) is 0 Å². The minimum absolute atomic E-state index is 0.102. The van der Waals surface area contributed by atoms with Crippen LogP contribution in [0.2, 0.25) is 0 Å². The van der Waals surface area contributed by atoms with Crippen LogP contribution < -0.4 is 5.73 Å². The predicted molar refractivity (Wildman–Crippen MR) is 86.9 cm³/mol. The fourth-order valence-electron chi connectivity index (χ4n) is 3.06. The molecule has 1 saturated heterocycles. The molecule has 2 aromatic heterocycles. The van der Waals surface area contributed by atoms with E-state index in [0.29, 0.717) is 19.8 Å². The number of H-pyrrole nitrogens is 1. The lowest BCUT2D eigenvalue weighted by Gasteiger charge is -2.30. The number of likely N-dealkylation sites (tertiary alicyclic amines) is 1. The second-order valence-corrected chi connectivity index (χ2v) is 5.83. The molecular weight excluding hydrogens is 294 g/mol. The molecule has 0 aromatic carbocycles. The van der Waals surface area contributed by atoms with E-state index < -0.39 is 0 Å². The van der Waals surface area contributed by atoms with Gasteiger partial charge in [-0.15, -0.1) is 0 Å². The first-order valence-electron chi connectivity index (χ1n) is 8.15. The Kier molecular flexibility index (Phi) is 5.19. The molecule has 0 radical (unpaired) electrons. The lowest BCUT2D eigenvalue weighted by atomic mass is 9.97. The molecule has 1 unspecified atom stereocenters. The SMILES string of the molecule is NCCOCC(C(=O)N1CCCCC1)c1cncc2nc[nH]c12. The molecular formula is C16H23N5O2. The first-order chi connectivity index (χ1) is 11.3. The van der Waals surface area contributed by atoms with E-state index in [1.165, 1.54) is 6.42 Å². The van der Waals surface area contributed by atoms with Gasteiger partial charge in [0.2, 0.25) is 5.91 Å². The van der Waals surface area contributed by atoms with Gasteiger partial charge in [0, 0.05) is 31.4 Å². The quantitative estimate of drug-likeness (QED) is 0.776. The molecule has 0 bridgehead atoms. The number of rotatable bonds is 6. The largest absolute Gasteiger partial charge is 0.379 e. The van der Waals surface area contributed by atoms with Gasteiger partial charge in [-0.2, -0.15) is 0 Å². The maximum atomic E-state index is 13.0. The molecule has 2 aromatic rings. The van der Waals surface area contributed by atoms with E-state index in [2.05, 4.69) is 15.0 Å². The lowest BCUT2D eigenvalue weighted by Crippen LogP contribution is -2.40. The molecule has 1 fully saturated rings. The number of hydrogen-bond acceptors (Lipinski definition) is 5. The Labute approximate surface area is 135 Å². The number of nitrogens with two attached hydrogens (primary N) is 1. The van der Waals surface area contributed by atoms with Crippen molar-refractivity contribution in [3.63, 3.8) is 0 Å². The van der Waals surface area contributed by atoms with Crippen LogP contribution in [0.15, 0.2) is 18.7 Å². The minimum atomic E-state index is -0.378. The van der Waals surface area contributed by atoms with Crippen LogP contribution in [0.5, 0.6) is 0 Å². The zero-order valence-corrected chi connectivity index (χ0v) is 13.2. The van der Waals surface area contributed by atoms with E-state index in [-0.39, 0.29) is 11.8 Å². The summed E-state index contributed by atoms with van der Waals surface area (Å²) in [5, 5.41) is 0. The van der Waals surface area contributed by atoms with Crippen molar-refractivity contribution >= 4 is 16.9 Å². The molecule has 3 rings (SSSR count). The molecule has 7 nitrogen and oxygen atoms in total. The van der Waals surface area contributed by atoms with Gasteiger partial charge in [0.05, 0.1) is 37.2 Å². The smallest absolute Gasteiger partial charge is 0.232 e. The number of fused-ring (bicyclic) bond motifs is 1.